The van der Waals surface area contributed by atoms with Crippen molar-refractivity contribution >= 4 is 16.7 Å². The lowest BCUT2D eigenvalue weighted by Gasteiger charge is -2.25. The van der Waals surface area contributed by atoms with E-state index in [1.165, 1.54) is 6.20 Å². The van der Waals surface area contributed by atoms with Gasteiger partial charge in [-0.3, -0.25) is 9.00 Å². The van der Waals surface area contributed by atoms with Gasteiger partial charge in [-0.1, -0.05) is 0 Å². The average Bonchev–Trinajstić information content (AvgIpc) is 2.71. The first-order valence-corrected chi connectivity index (χ1v) is 5.76. The highest BCUT2D eigenvalue weighted by atomic mass is 32.2. The van der Waals surface area contributed by atoms with E-state index in [0.29, 0.717) is 30.3 Å². The van der Waals surface area contributed by atoms with E-state index in [1.54, 1.807) is 4.90 Å². The van der Waals surface area contributed by atoms with E-state index in [-0.39, 0.29) is 5.91 Å². The summed E-state index contributed by atoms with van der Waals surface area (Å²) in [7, 11) is -0.762. The number of aromatic amines is 1. The van der Waals surface area contributed by atoms with Crippen molar-refractivity contribution < 1.29 is 9.00 Å². The van der Waals surface area contributed by atoms with E-state index in [9.17, 15) is 9.00 Å². The van der Waals surface area contributed by atoms with Crippen LogP contribution in [-0.4, -0.2) is 55.0 Å². The second-order valence-electron chi connectivity index (χ2n) is 3.00. The standard InChI is InChI=1S/C7H10N4O2S/c12-7(6-5-8-10-9-6)11-1-3-14(13)4-2-11/h5H,1-4H2,(H,8,9,10). The van der Waals surface area contributed by atoms with Gasteiger partial charge in [-0.15, -0.1) is 0 Å². The third-order valence-corrected chi connectivity index (χ3v) is 3.37. The van der Waals surface area contributed by atoms with Crippen LogP contribution >= 0.6 is 0 Å². The Morgan fingerprint density at radius 1 is 1.50 bits per heavy atom. The van der Waals surface area contributed by atoms with Crippen LogP contribution in [0.4, 0.5) is 0 Å². The maximum Gasteiger partial charge on any atom is 0.276 e. The Bertz CT molecular complexity index is 341. The predicted octanol–water partition coefficient (Wildman–Crippen LogP) is -0.991. The van der Waals surface area contributed by atoms with E-state index >= 15 is 0 Å². The van der Waals surface area contributed by atoms with Gasteiger partial charge in [-0.25, -0.2) is 0 Å². The van der Waals surface area contributed by atoms with Crippen LogP contribution in [0, 0.1) is 0 Å². The molecule has 0 bridgehead atoms. The summed E-state index contributed by atoms with van der Waals surface area (Å²) in [5.74, 6) is 0.975. The van der Waals surface area contributed by atoms with Crippen LogP contribution in [0.3, 0.4) is 0 Å². The lowest BCUT2D eigenvalue weighted by Crippen LogP contribution is -2.41. The zero-order valence-corrected chi connectivity index (χ0v) is 8.29. The number of nitrogens with one attached hydrogen (secondary N) is 1. The maximum absolute atomic E-state index is 11.7. The molecule has 7 heteroatoms. The van der Waals surface area contributed by atoms with Gasteiger partial charge in [0.05, 0.1) is 6.20 Å². The first-order valence-electron chi connectivity index (χ1n) is 4.27. The van der Waals surface area contributed by atoms with Gasteiger partial charge in [0.2, 0.25) is 0 Å². The van der Waals surface area contributed by atoms with Crippen LogP contribution in [0.25, 0.3) is 0 Å². The Balaban J connectivity index is 2.03. The fourth-order valence-corrected chi connectivity index (χ4v) is 2.36. The van der Waals surface area contributed by atoms with Crippen LogP contribution in [0.5, 0.6) is 0 Å². The lowest BCUT2D eigenvalue weighted by atomic mass is 10.4. The van der Waals surface area contributed by atoms with Crippen LogP contribution in [0.1, 0.15) is 10.5 Å². The predicted molar refractivity (Wildman–Crippen MR) is 50.2 cm³/mol. The SMILES string of the molecule is O=C(c1cn[nH]n1)N1CCS(=O)CC1. The number of H-pyrrole nitrogens is 1. The molecule has 1 saturated heterocycles. The number of nitrogens with zero attached hydrogens (tertiary/aromatic N) is 3. The van der Waals surface area contributed by atoms with E-state index in [4.69, 9.17) is 0 Å². The highest BCUT2D eigenvalue weighted by Gasteiger charge is 2.22. The number of rotatable bonds is 1. The molecule has 1 aromatic heterocycles. The highest BCUT2D eigenvalue weighted by molar-refractivity contribution is 7.85. The monoisotopic (exact) mass is 214 g/mol. The normalized spacial score (nSPS) is 18.4. The van der Waals surface area contributed by atoms with Gasteiger partial charge in [-0.2, -0.15) is 15.4 Å². The van der Waals surface area contributed by atoms with E-state index in [0.717, 1.165) is 0 Å². The molecular weight excluding hydrogens is 204 g/mol. The summed E-state index contributed by atoms with van der Waals surface area (Å²) in [5, 5.41) is 9.67. The van der Waals surface area contributed by atoms with Crippen LogP contribution in [0.15, 0.2) is 6.20 Å². The highest BCUT2D eigenvalue weighted by Crippen LogP contribution is 2.04. The molecule has 0 radical (unpaired) electrons. The van der Waals surface area contributed by atoms with Gasteiger partial charge in [0.25, 0.3) is 5.91 Å². The molecule has 1 N–H and O–H groups in total. The Morgan fingerprint density at radius 3 is 2.79 bits per heavy atom. The number of aromatic nitrogens is 3. The number of hydrogen-bond acceptors (Lipinski definition) is 4. The van der Waals surface area contributed by atoms with Gasteiger partial charge in [-0.05, 0) is 0 Å². The first kappa shape index (κ1) is 9.32. The van der Waals surface area contributed by atoms with E-state index in [1.807, 2.05) is 0 Å². The molecular formula is C7H10N4O2S. The van der Waals surface area contributed by atoms with Crippen molar-refractivity contribution in [2.24, 2.45) is 0 Å². The molecule has 0 atom stereocenters. The Labute approximate surface area is 83.1 Å². The van der Waals surface area contributed by atoms with Crippen molar-refractivity contribution in [1.29, 1.82) is 0 Å². The molecule has 1 fully saturated rings. The van der Waals surface area contributed by atoms with Gasteiger partial charge < -0.3 is 4.90 Å². The van der Waals surface area contributed by atoms with Gasteiger partial charge in [0.1, 0.15) is 0 Å². The summed E-state index contributed by atoms with van der Waals surface area (Å²) < 4.78 is 11.1. The van der Waals surface area contributed by atoms with Crippen molar-refractivity contribution in [3.63, 3.8) is 0 Å². The van der Waals surface area contributed by atoms with Crippen LogP contribution in [-0.2, 0) is 10.8 Å². The number of carbonyl (C=O) groups excluding carboxylic acids is 1. The molecule has 1 aliphatic heterocycles. The molecule has 76 valence electrons. The largest absolute Gasteiger partial charge is 0.335 e. The Morgan fingerprint density at radius 2 is 2.21 bits per heavy atom. The van der Waals surface area contributed by atoms with E-state index in [2.05, 4.69) is 15.4 Å². The minimum absolute atomic E-state index is 0.143. The molecule has 1 aromatic rings. The fourth-order valence-electron chi connectivity index (χ4n) is 1.31. The second kappa shape index (κ2) is 3.87. The summed E-state index contributed by atoms with van der Waals surface area (Å²) >= 11 is 0. The van der Waals surface area contributed by atoms with Crippen molar-refractivity contribution in [3.8, 4) is 0 Å². The number of carbonyl (C=O) groups is 1. The summed E-state index contributed by atoms with van der Waals surface area (Å²) in [6, 6.07) is 0. The molecule has 1 aliphatic rings. The summed E-state index contributed by atoms with van der Waals surface area (Å²) in [4.78, 5) is 13.3. The number of hydrogen-bond donors (Lipinski definition) is 1. The Kier molecular flexibility index (Phi) is 2.58. The van der Waals surface area contributed by atoms with Crippen molar-refractivity contribution in [2.45, 2.75) is 0 Å². The molecule has 0 aliphatic carbocycles. The maximum atomic E-state index is 11.7. The minimum Gasteiger partial charge on any atom is -0.335 e. The quantitative estimate of drug-likeness (QED) is 0.651. The second-order valence-corrected chi connectivity index (χ2v) is 4.69. The smallest absolute Gasteiger partial charge is 0.276 e. The lowest BCUT2D eigenvalue weighted by molar-refractivity contribution is 0.0765. The Hall–Kier alpha value is -1.24. The molecule has 0 saturated carbocycles. The van der Waals surface area contributed by atoms with Crippen molar-refractivity contribution in [1.82, 2.24) is 20.3 Å². The topological polar surface area (TPSA) is 79.0 Å². The molecule has 1 amide bonds. The summed E-state index contributed by atoms with van der Waals surface area (Å²) in [5.41, 5.74) is 0.317. The molecule has 0 spiro atoms. The molecule has 6 nitrogen and oxygen atoms in total. The van der Waals surface area contributed by atoms with Crippen LogP contribution in [0.2, 0.25) is 0 Å². The van der Waals surface area contributed by atoms with Crippen LogP contribution < -0.4 is 0 Å². The summed E-state index contributed by atoms with van der Waals surface area (Å²) in [6.45, 7) is 1.08. The fraction of sp³-hybridized carbons (Fsp3) is 0.571. The average molecular weight is 214 g/mol. The first-order chi connectivity index (χ1) is 6.77. The zero-order chi connectivity index (χ0) is 9.97. The van der Waals surface area contributed by atoms with Crippen molar-refractivity contribution in [3.05, 3.63) is 11.9 Å². The molecule has 2 heterocycles. The molecule has 14 heavy (non-hydrogen) atoms. The summed E-state index contributed by atoms with van der Waals surface area (Å²) in [6.07, 6.45) is 1.40. The third kappa shape index (κ3) is 1.82. The molecule has 0 aromatic carbocycles. The van der Waals surface area contributed by atoms with Crippen molar-refractivity contribution in [2.75, 3.05) is 24.6 Å². The minimum atomic E-state index is -0.762. The molecule has 2 rings (SSSR count). The zero-order valence-electron chi connectivity index (χ0n) is 7.47. The third-order valence-electron chi connectivity index (χ3n) is 2.10. The van der Waals surface area contributed by atoms with Gasteiger partial charge >= 0.3 is 0 Å². The van der Waals surface area contributed by atoms with Gasteiger partial charge in [0, 0.05) is 35.4 Å². The van der Waals surface area contributed by atoms with Gasteiger partial charge in [0.15, 0.2) is 5.69 Å². The number of amides is 1. The van der Waals surface area contributed by atoms with E-state index < -0.39 is 10.8 Å². The molecule has 0 unspecified atom stereocenters.